The zero-order valence-corrected chi connectivity index (χ0v) is 16.0. The Morgan fingerprint density at radius 1 is 1.38 bits per heavy atom. The molecule has 2 aliphatic rings. The molecule has 1 fully saturated rings. The molecular weight excluding hydrogens is 372 g/mol. The zero-order chi connectivity index (χ0) is 18.3. The van der Waals surface area contributed by atoms with Gasteiger partial charge in [-0.15, -0.1) is 11.3 Å². The average Bonchev–Trinajstić information content (AvgIpc) is 3.09. The van der Waals surface area contributed by atoms with Crippen molar-refractivity contribution in [2.45, 2.75) is 18.7 Å². The smallest absolute Gasteiger partial charge is 0.173 e. The van der Waals surface area contributed by atoms with Gasteiger partial charge >= 0.3 is 0 Å². The Morgan fingerprint density at radius 2 is 2.19 bits per heavy atom. The van der Waals surface area contributed by atoms with Crippen LogP contribution >= 0.6 is 22.9 Å². The Hall–Kier alpha value is -1.77. The molecule has 1 atom stereocenters. The Bertz CT molecular complexity index is 891. The molecule has 0 radical (unpaired) electrons. The Morgan fingerprint density at radius 3 is 2.88 bits per heavy atom. The summed E-state index contributed by atoms with van der Waals surface area (Å²) in [6.07, 6.45) is 4.80. The molecule has 1 aromatic carbocycles. The van der Waals surface area contributed by atoms with Crippen LogP contribution in [0.25, 0.3) is 10.4 Å². The van der Waals surface area contributed by atoms with E-state index >= 15 is 0 Å². The summed E-state index contributed by atoms with van der Waals surface area (Å²) in [5, 5.41) is 1.44. The van der Waals surface area contributed by atoms with Crippen molar-refractivity contribution in [3.63, 3.8) is 0 Å². The fourth-order valence-electron chi connectivity index (χ4n) is 3.00. The standard InChI is InChI=1S/C18H19ClN4O2S/c1-11-3-12(15-7-22-17(26-15)18(20)8-25-9-18)5-13(4-11)23-10-21-6-14(19)16(23)24-2/h3-7,10,16H,8-9,20H2,1-2H3. The van der Waals surface area contributed by atoms with E-state index in [1.165, 1.54) is 0 Å². The molecule has 1 unspecified atom stereocenters. The summed E-state index contributed by atoms with van der Waals surface area (Å²) >= 11 is 7.85. The third-order valence-electron chi connectivity index (χ3n) is 4.40. The number of anilines is 1. The second-order valence-electron chi connectivity index (χ2n) is 6.51. The number of thiazole rings is 1. The van der Waals surface area contributed by atoms with E-state index in [9.17, 15) is 0 Å². The highest BCUT2D eigenvalue weighted by molar-refractivity contribution is 7.15. The Labute approximate surface area is 160 Å². The first-order chi connectivity index (χ1) is 12.5. The lowest BCUT2D eigenvalue weighted by molar-refractivity contribution is -0.0569. The van der Waals surface area contributed by atoms with E-state index in [4.69, 9.17) is 26.8 Å². The number of methoxy groups -OCH3 is 1. The molecule has 4 rings (SSSR count). The SMILES string of the molecule is COC1C(Cl)=CN=CN1c1cc(C)cc(-c2cnc(C3(N)COC3)s2)c1. The number of hydrogen-bond donors (Lipinski definition) is 1. The van der Waals surface area contributed by atoms with Crippen molar-refractivity contribution in [2.75, 3.05) is 25.2 Å². The predicted molar refractivity (Wildman–Crippen MR) is 105 cm³/mol. The highest BCUT2D eigenvalue weighted by atomic mass is 35.5. The molecule has 6 nitrogen and oxygen atoms in total. The van der Waals surface area contributed by atoms with E-state index in [1.807, 2.05) is 11.1 Å². The molecule has 2 N–H and O–H groups in total. The molecule has 2 aromatic rings. The number of benzene rings is 1. The molecule has 1 aromatic heterocycles. The molecule has 0 aliphatic carbocycles. The van der Waals surface area contributed by atoms with Gasteiger partial charge in [0.05, 0.1) is 29.5 Å². The lowest BCUT2D eigenvalue weighted by Crippen LogP contribution is -2.54. The fraction of sp³-hybridized carbons (Fsp3) is 0.333. The summed E-state index contributed by atoms with van der Waals surface area (Å²) in [6, 6.07) is 6.28. The first-order valence-electron chi connectivity index (χ1n) is 8.15. The monoisotopic (exact) mass is 390 g/mol. The van der Waals surface area contributed by atoms with Crippen molar-refractivity contribution < 1.29 is 9.47 Å². The molecule has 3 heterocycles. The molecule has 2 aliphatic heterocycles. The van der Waals surface area contributed by atoms with Crippen LogP contribution in [0.1, 0.15) is 10.6 Å². The van der Waals surface area contributed by atoms with Gasteiger partial charge in [0.2, 0.25) is 0 Å². The molecule has 0 saturated carbocycles. The van der Waals surface area contributed by atoms with E-state index in [1.54, 1.807) is 31.0 Å². The number of nitrogens with two attached hydrogens (primary N) is 1. The van der Waals surface area contributed by atoms with Crippen molar-refractivity contribution in [3.8, 4) is 10.4 Å². The third kappa shape index (κ3) is 3.06. The van der Waals surface area contributed by atoms with Crippen LogP contribution in [0.15, 0.2) is 40.6 Å². The van der Waals surface area contributed by atoms with Gasteiger partial charge in [-0.3, -0.25) is 0 Å². The predicted octanol–water partition coefficient (Wildman–Crippen LogP) is 3.20. The van der Waals surface area contributed by atoms with Gasteiger partial charge in [0.15, 0.2) is 6.23 Å². The topological polar surface area (TPSA) is 73.0 Å². The highest BCUT2D eigenvalue weighted by Gasteiger charge is 2.39. The molecule has 8 heteroatoms. The van der Waals surface area contributed by atoms with E-state index in [0.29, 0.717) is 18.2 Å². The van der Waals surface area contributed by atoms with Crippen LogP contribution in [0.5, 0.6) is 0 Å². The normalized spacial score (nSPS) is 21.5. The molecule has 136 valence electrons. The van der Waals surface area contributed by atoms with Crippen LogP contribution in [0.3, 0.4) is 0 Å². The molecular formula is C18H19ClN4O2S. The van der Waals surface area contributed by atoms with Gasteiger partial charge in [-0.05, 0) is 30.2 Å². The second kappa shape index (κ2) is 6.75. The maximum atomic E-state index is 6.30. The number of aromatic nitrogens is 1. The number of aliphatic imine (C=N–C) groups is 1. The van der Waals surface area contributed by atoms with Crippen LogP contribution in [0, 0.1) is 6.92 Å². The summed E-state index contributed by atoms with van der Waals surface area (Å²) in [6.45, 7) is 3.09. The van der Waals surface area contributed by atoms with Crippen LogP contribution in [-0.4, -0.2) is 37.9 Å². The summed E-state index contributed by atoms with van der Waals surface area (Å²) in [5.41, 5.74) is 9.00. The number of rotatable bonds is 4. The first-order valence-corrected chi connectivity index (χ1v) is 9.35. The number of halogens is 1. The highest BCUT2D eigenvalue weighted by Crippen LogP contribution is 2.37. The van der Waals surface area contributed by atoms with E-state index < -0.39 is 5.54 Å². The molecule has 0 bridgehead atoms. The minimum Gasteiger partial charge on any atom is -0.377 e. The minimum absolute atomic E-state index is 0.389. The fourth-order valence-corrected chi connectivity index (χ4v) is 4.23. The molecule has 1 saturated heterocycles. The van der Waals surface area contributed by atoms with Crippen LogP contribution < -0.4 is 10.6 Å². The lowest BCUT2D eigenvalue weighted by atomic mass is 10.0. The Kier molecular flexibility index (Phi) is 4.58. The van der Waals surface area contributed by atoms with Gasteiger partial charge in [0.25, 0.3) is 0 Å². The van der Waals surface area contributed by atoms with Crippen LogP contribution in [-0.2, 0) is 15.0 Å². The summed E-state index contributed by atoms with van der Waals surface area (Å²) in [4.78, 5) is 11.7. The van der Waals surface area contributed by atoms with Gasteiger partial charge in [-0.2, -0.15) is 0 Å². The first kappa shape index (κ1) is 17.6. The number of nitrogens with zero attached hydrogens (tertiary/aromatic N) is 3. The second-order valence-corrected chi connectivity index (χ2v) is 7.98. The summed E-state index contributed by atoms with van der Waals surface area (Å²) in [7, 11) is 1.63. The van der Waals surface area contributed by atoms with E-state index in [0.717, 1.165) is 26.7 Å². The van der Waals surface area contributed by atoms with Crippen molar-refractivity contribution in [1.82, 2.24) is 4.98 Å². The average molecular weight is 391 g/mol. The van der Waals surface area contributed by atoms with Crippen molar-refractivity contribution >= 4 is 35.0 Å². The maximum absolute atomic E-state index is 6.30. The van der Waals surface area contributed by atoms with E-state index in [-0.39, 0.29) is 6.23 Å². The van der Waals surface area contributed by atoms with Gasteiger partial charge in [-0.25, -0.2) is 9.98 Å². The number of aryl methyl sites for hydroxylation is 1. The van der Waals surface area contributed by atoms with Gasteiger partial charge in [0.1, 0.15) is 10.5 Å². The van der Waals surface area contributed by atoms with Gasteiger partial charge in [0, 0.05) is 25.2 Å². The zero-order valence-electron chi connectivity index (χ0n) is 14.5. The van der Waals surface area contributed by atoms with Crippen LogP contribution in [0.4, 0.5) is 5.69 Å². The Balaban J connectivity index is 1.69. The van der Waals surface area contributed by atoms with Crippen molar-refractivity contribution in [2.24, 2.45) is 10.7 Å². The summed E-state index contributed by atoms with van der Waals surface area (Å²) in [5.74, 6) is 0. The molecule has 0 spiro atoms. The molecule has 0 amide bonds. The van der Waals surface area contributed by atoms with E-state index in [2.05, 4.69) is 35.1 Å². The maximum Gasteiger partial charge on any atom is 0.173 e. The summed E-state index contributed by atoms with van der Waals surface area (Å²) < 4.78 is 10.8. The van der Waals surface area contributed by atoms with Crippen molar-refractivity contribution in [3.05, 3.63) is 46.2 Å². The largest absolute Gasteiger partial charge is 0.377 e. The lowest BCUT2D eigenvalue weighted by Gasteiger charge is -2.35. The third-order valence-corrected chi connectivity index (χ3v) is 5.95. The minimum atomic E-state index is -0.450. The van der Waals surface area contributed by atoms with Gasteiger partial charge < -0.3 is 20.1 Å². The quantitative estimate of drug-likeness (QED) is 0.867. The van der Waals surface area contributed by atoms with Gasteiger partial charge in [-0.1, -0.05) is 17.7 Å². The molecule has 26 heavy (non-hydrogen) atoms. The van der Waals surface area contributed by atoms with Crippen LogP contribution in [0.2, 0.25) is 0 Å². The van der Waals surface area contributed by atoms with Crippen molar-refractivity contribution in [1.29, 1.82) is 0 Å². The number of ether oxygens (including phenoxy) is 2. The number of hydrogen-bond acceptors (Lipinski definition) is 7.